The molecule has 0 aliphatic carbocycles. The summed E-state index contributed by atoms with van der Waals surface area (Å²) in [5.41, 5.74) is 2.91. The summed E-state index contributed by atoms with van der Waals surface area (Å²) >= 11 is 0. The third-order valence-electron chi connectivity index (χ3n) is 7.57. The van der Waals surface area contributed by atoms with Crippen molar-refractivity contribution in [2.75, 3.05) is 57.8 Å². The number of piperazine rings is 1. The molecule has 0 saturated carbocycles. The number of likely N-dealkylation sites (N-methyl/N-ethyl adjacent to an activating group) is 1. The Balaban J connectivity index is 1.39. The highest BCUT2D eigenvalue weighted by Gasteiger charge is 2.45. The van der Waals surface area contributed by atoms with Crippen LogP contribution in [0.25, 0.3) is 0 Å². The van der Waals surface area contributed by atoms with Crippen LogP contribution in [0.3, 0.4) is 0 Å². The number of nitrogens with one attached hydrogen (secondary N) is 1. The Morgan fingerprint density at radius 2 is 1.62 bits per heavy atom. The van der Waals surface area contributed by atoms with Gasteiger partial charge in [0, 0.05) is 57.9 Å². The lowest BCUT2D eigenvalue weighted by molar-refractivity contribution is -0.151. The van der Waals surface area contributed by atoms with Gasteiger partial charge >= 0.3 is 0 Å². The first-order valence-electron chi connectivity index (χ1n) is 12.5. The summed E-state index contributed by atoms with van der Waals surface area (Å²) in [5, 5.41) is 9.39. The van der Waals surface area contributed by atoms with Gasteiger partial charge in [-0.2, -0.15) is 0 Å². The summed E-state index contributed by atoms with van der Waals surface area (Å²) in [7, 11) is 1.85. The molecule has 34 heavy (non-hydrogen) atoms. The first-order chi connectivity index (χ1) is 16.5. The zero-order chi connectivity index (χ0) is 24.1. The van der Waals surface area contributed by atoms with Gasteiger partial charge in [-0.1, -0.05) is 18.2 Å². The van der Waals surface area contributed by atoms with E-state index in [-0.39, 0.29) is 17.7 Å². The molecule has 0 aromatic heterocycles. The van der Waals surface area contributed by atoms with Crippen molar-refractivity contribution in [2.45, 2.75) is 38.1 Å². The first-order valence-corrected chi connectivity index (χ1v) is 12.5. The summed E-state index contributed by atoms with van der Waals surface area (Å²) < 4.78 is 0. The van der Waals surface area contributed by atoms with Gasteiger partial charge in [0.25, 0.3) is 0 Å². The van der Waals surface area contributed by atoms with Crippen LogP contribution in [0.2, 0.25) is 0 Å². The Morgan fingerprint density at radius 1 is 0.941 bits per heavy atom. The number of amides is 3. The fourth-order valence-corrected chi connectivity index (χ4v) is 5.76. The number of rotatable bonds is 5. The molecule has 9 heteroatoms. The molecular formula is C25H37N5O4. The van der Waals surface area contributed by atoms with Gasteiger partial charge in [0.2, 0.25) is 17.7 Å². The number of hydrogen-bond acceptors (Lipinski definition) is 6. The SMILES string of the molecule is CN1CC(CC(=O)N2CCCCC2)C[C@H](C(=O)NO)[C@H]1C(=O)N1CCN(c2ccccc2)CC1. The number of carbonyl (C=O) groups is 3. The zero-order valence-electron chi connectivity index (χ0n) is 20.1. The fraction of sp³-hybridized carbons (Fsp3) is 0.640. The Morgan fingerprint density at radius 3 is 2.26 bits per heavy atom. The molecule has 186 valence electrons. The molecule has 1 aromatic rings. The maximum absolute atomic E-state index is 13.5. The molecule has 0 spiro atoms. The summed E-state index contributed by atoms with van der Waals surface area (Å²) in [6.07, 6.45) is 4.03. The molecule has 1 unspecified atom stereocenters. The second-order valence-electron chi connectivity index (χ2n) is 9.86. The predicted octanol–water partition coefficient (Wildman–Crippen LogP) is 1.18. The standard InChI is InChI=1S/C25H37N5O4/c1-27-18-19(17-22(31)29-10-6-3-7-11-29)16-21(24(32)26-34)23(27)25(33)30-14-12-28(13-15-30)20-8-4-2-5-9-20/h2,4-5,8-9,19,21,23,34H,3,6-7,10-18H2,1H3,(H,26,32)/t19?,21-,23-/m0/s1. The number of benzene rings is 1. The summed E-state index contributed by atoms with van der Waals surface area (Å²) in [5.74, 6) is -1.22. The summed E-state index contributed by atoms with van der Waals surface area (Å²) in [4.78, 5) is 46.9. The lowest BCUT2D eigenvalue weighted by Crippen LogP contribution is -2.61. The van der Waals surface area contributed by atoms with Crippen LogP contribution in [-0.2, 0) is 14.4 Å². The lowest BCUT2D eigenvalue weighted by atomic mass is 9.80. The van der Waals surface area contributed by atoms with Crippen molar-refractivity contribution in [1.82, 2.24) is 20.2 Å². The topological polar surface area (TPSA) is 96.4 Å². The third kappa shape index (κ3) is 5.52. The highest BCUT2D eigenvalue weighted by Crippen LogP contribution is 2.31. The van der Waals surface area contributed by atoms with E-state index in [1.807, 2.05) is 39.9 Å². The van der Waals surface area contributed by atoms with E-state index in [9.17, 15) is 19.6 Å². The molecule has 0 radical (unpaired) electrons. The molecule has 1 aromatic carbocycles. The zero-order valence-corrected chi connectivity index (χ0v) is 20.1. The van der Waals surface area contributed by atoms with Crippen LogP contribution in [0, 0.1) is 11.8 Å². The maximum Gasteiger partial charge on any atom is 0.248 e. The molecule has 9 nitrogen and oxygen atoms in total. The third-order valence-corrected chi connectivity index (χ3v) is 7.57. The van der Waals surface area contributed by atoms with Gasteiger partial charge in [0.15, 0.2) is 0 Å². The molecular weight excluding hydrogens is 434 g/mol. The van der Waals surface area contributed by atoms with Crippen LogP contribution in [0.5, 0.6) is 0 Å². The van der Waals surface area contributed by atoms with Gasteiger partial charge in [-0.05, 0) is 50.8 Å². The molecule has 4 rings (SSSR count). The van der Waals surface area contributed by atoms with Crippen LogP contribution in [-0.4, -0.2) is 96.5 Å². The average molecular weight is 472 g/mol. The van der Waals surface area contributed by atoms with Crippen molar-refractivity contribution < 1.29 is 19.6 Å². The van der Waals surface area contributed by atoms with E-state index >= 15 is 0 Å². The van der Waals surface area contributed by atoms with Crippen molar-refractivity contribution in [2.24, 2.45) is 11.8 Å². The van der Waals surface area contributed by atoms with Gasteiger partial charge in [-0.3, -0.25) is 24.5 Å². The second-order valence-corrected chi connectivity index (χ2v) is 9.86. The second kappa shape index (κ2) is 11.2. The van der Waals surface area contributed by atoms with Crippen molar-refractivity contribution in [3.05, 3.63) is 30.3 Å². The van der Waals surface area contributed by atoms with Crippen molar-refractivity contribution >= 4 is 23.4 Å². The molecule has 3 aliphatic rings. The molecule has 3 heterocycles. The fourth-order valence-electron chi connectivity index (χ4n) is 5.76. The molecule has 3 aliphatic heterocycles. The van der Waals surface area contributed by atoms with Crippen molar-refractivity contribution in [3.63, 3.8) is 0 Å². The Kier molecular flexibility index (Phi) is 8.05. The van der Waals surface area contributed by atoms with Gasteiger partial charge in [0.05, 0.1) is 5.92 Å². The number of para-hydroxylation sites is 1. The van der Waals surface area contributed by atoms with E-state index in [1.54, 1.807) is 5.48 Å². The number of carbonyl (C=O) groups excluding carboxylic acids is 3. The number of likely N-dealkylation sites (tertiary alicyclic amines) is 2. The van der Waals surface area contributed by atoms with Gasteiger partial charge < -0.3 is 14.7 Å². The number of nitrogens with zero attached hydrogens (tertiary/aromatic N) is 4. The molecule has 0 bridgehead atoms. The summed E-state index contributed by atoms with van der Waals surface area (Å²) in [6, 6.07) is 9.50. The molecule has 3 atom stereocenters. The van der Waals surface area contributed by atoms with E-state index in [0.29, 0.717) is 32.5 Å². The largest absolute Gasteiger partial charge is 0.368 e. The van der Waals surface area contributed by atoms with Crippen LogP contribution in [0.1, 0.15) is 32.1 Å². The van der Waals surface area contributed by atoms with Crippen LogP contribution < -0.4 is 10.4 Å². The maximum atomic E-state index is 13.5. The predicted molar refractivity (Wildman–Crippen MR) is 128 cm³/mol. The van der Waals surface area contributed by atoms with E-state index in [4.69, 9.17) is 0 Å². The Bertz CT molecular complexity index is 852. The van der Waals surface area contributed by atoms with E-state index < -0.39 is 17.9 Å². The van der Waals surface area contributed by atoms with Crippen LogP contribution in [0.15, 0.2) is 30.3 Å². The first kappa shape index (κ1) is 24.5. The van der Waals surface area contributed by atoms with Crippen molar-refractivity contribution in [3.8, 4) is 0 Å². The molecule has 2 N–H and O–H groups in total. The summed E-state index contributed by atoms with van der Waals surface area (Å²) in [6.45, 7) is 4.82. The monoisotopic (exact) mass is 471 g/mol. The minimum absolute atomic E-state index is 0.0271. The minimum atomic E-state index is -0.692. The van der Waals surface area contributed by atoms with E-state index in [1.165, 1.54) is 0 Å². The number of piperidine rings is 2. The van der Waals surface area contributed by atoms with Crippen molar-refractivity contribution in [1.29, 1.82) is 0 Å². The van der Waals surface area contributed by atoms with Gasteiger partial charge in [0.1, 0.15) is 6.04 Å². The van der Waals surface area contributed by atoms with Gasteiger partial charge in [-0.15, -0.1) is 0 Å². The quantitative estimate of drug-likeness (QED) is 0.495. The Labute approximate surface area is 201 Å². The lowest BCUT2D eigenvalue weighted by Gasteiger charge is -2.44. The van der Waals surface area contributed by atoms with E-state index in [2.05, 4.69) is 17.0 Å². The number of anilines is 1. The normalized spacial score (nSPS) is 26.3. The number of hydrogen-bond donors (Lipinski definition) is 2. The smallest absolute Gasteiger partial charge is 0.248 e. The molecule has 3 fully saturated rings. The molecule has 3 saturated heterocycles. The highest BCUT2D eigenvalue weighted by molar-refractivity contribution is 5.90. The van der Waals surface area contributed by atoms with Crippen LogP contribution >= 0.6 is 0 Å². The average Bonchev–Trinajstić information content (AvgIpc) is 2.88. The van der Waals surface area contributed by atoms with Gasteiger partial charge in [-0.25, -0.2) is 5.48 Å². The number of hydroxylamine groups is 1. The molecule has 3 amide bonds. The van der Waals surface area contributed by atoms with E-state index in [0.717, 1.165) is 51.1 Å². The highest BCUT2D eigenvalue weighted by atomic mass is 16.5. The van der Waals surface area contributed by atoms with Crippen LogP contribution in [0.4, 0.5) is 5.69 Å². The minimum Gasteiger partial charge on any atom is -0.368 e. The Hall–Kier alpha value is -2.65.